The third-order valence-electron chi connectivity index (χ3n) is 4.70. The number of nitrogens with one attached hydrogen (secondary N) is 1. The molecule has 7 heteroatoms. The Bertz CT molecular complexity index is 607. The highest BCUT2D eigenvalue weighted by molar-refractivity contribution is 7.89. The molecule has 0 radical (unpaired) electrons. The van der Waals surface area contributed by atoms with E-state index >= 15 is 0 Å². The third-order valence-corrected chi connectivity index (χ3v) is 6.86. The maximum atomic E-state index is 12.6. The maximum Gasteiger partial charge on any atom is 0.243 e. The highest BCUT2D eigenvalue weighted by Gasteiger charge is 2.29. The van der Waals surface area contributed by atoms with Crippen LogP contribution in [0.3, 0.4) is 0 Å². The van der Waals surface area contributed by atoms with Crippen LogP contribution in [0.2, 0.25) is 5.02 Å². The summed E-state index contributed by atoms with van der Waals surface area (Å²) in [7, 11) is -3.40. The van der Waals surface area contributed by atoms with Crippen molar-refractivity contribution in [2.75, 3.05) is 45.8 Å². The molecule has 2 fully saturated rings. The molecule has 1 aromatic rings. The minimum absolute atomic E-state index is 0.326. The van der Waals surface area contributed by atoms with Crippen LogP contribution in [0.15, 0.2) is 29.2 Å². The fourth-order valence-electron chi connectivity index (χ4n) is 3.35. The first-order chi connectivity index (χ1) is 11.1. The first-order valence-corrected chi connectivity index (χ1v) is 10.1. The first kappa shape index (κ1) is 17.2. The Labute approximate surface area is 143 Å². The van der Waals surface area contributed by atoms with E-state index in [4.69, 9.17) is 11.6 Å². The van der Waals surface area contributed by atoms with Gasteiger partial charge in [0.2, 0.25) is 10.0 Å². The fraction of sp³-hybridized carbons (Fsp3) is 0.625. The van der Waals surface area contributed by atoms with Crippen LogP contribution in [0, 0.1) is 5.92 Å². The number of hydrogen-bond donors (Lipinski definition) is 1. The highest BCUT2D eigenvalue weighted by atomic mass is 35.5. The predicted octanol–water partition coefficient (Wildman–Crippen LogP) is 1.65. The Hall–Kier alpha value is -0.660. The molecular weight excluding hydrogens is 334 g/mol. The van der Waals surface area contributed by atoms with E-state index in [1.165, 1.54) is 12.8 Å². The fourth-order valence-corrected chi connectivity index (χ4v) is 4.90. The molecule has 128 valence electrons. The largest absolute Gasteiger partial charge is 0.316 e. The van der Waals surface area contributed by atoms with Crippen LogP contribution < -0.4 is 5.32 Å². The predicted molar refractivity (Wildman–Crippen MR) is 92.2 cm³/mol. The van der Waals surface area contributed by atoms with Gasteiger partial charge in [-0.15, -0.1) is 0 Å². The van der Waals surface area contributed by atoms with Crippen LogP contribution in [0.4, 0.5) is 0 Å². The molecule has 3 rings (SSSR count). The Balaban J connectivity index is 1.56. The van der Waals surface area contributed by atoms with Crippen molar-refractivity contribution in [3.05, 3.63) is 29.3 Å². The molecule has 0 spiro atoms. The number of piperidine rings is 1. The number of hydrogen-bond acceptors (Lipinski definition) is 4. The average molecular weight is 358 g/mol. The SMILES string of the molecule is O=S(=O)(c1ccc(Cl)cc1)N1CCN(CC2CCCNC2)CC1. The van der Waals surface area contributed by atoms with Gasteiger partial charge in [0.05, 0.1) is 4.90 Å². The molecule has 0 saturated carbocycles. The number of piperazine rings is 1. The first-order valence-electron chi connectivity index (χ1n) is 8.24. The van der Waals surface area contributed by atoms with E-state index in [2.05, 4.69) is 10.2 Å². The van der Waals surface area contributed by atoms with E-state index in [1.54, 1.807) is 28.6 Å². The summed E-state index contributed by atoms with van der Waals surface area (Å²) in [6, 6.07) is 6.41. The van der Waals surface area contributed by atoms with Gasteiger partial charge in [0, 0.05) is 37.7 Å². The lowest BCUT2D eigenvalue weighted by Gasteiger charge is -2.36. The zero-order valence-electron chi connectivity index (χ0n) is 13.2. The molecule has 2 aliphatic rings. The summed E-state index contributed by atoms with van der Waals surface area (Å²) >= 11 is 5.84. The summed E-state index contributed by atoms with van der Waals surface area (Å²) < 4.78 is 26.9. The number of sulfonamides is 1. The summed E-state index contributed by atoms with van der Waals surface area (Å²) in [5.74, 6) is 0.697. The minimum atomic E-state index is -3.40. The van der Waals surface area contributed by atoms with E-state index < -0.39 is 10.0 Å². The normalized spacial score (nSPS) is 24.7. The molecule has 1 N–H and O–H groups in total. The van der Waals surface area contributed by atoms with Crippen molar-refractivity contribution in [3.8, 4) is 0 Å². The van der Waals surface area contributed by atoms with Gasteiger partial charge in [0.25, 0.3) is 0 Å². The molecule has 0 bridgehead atoms. The van der Waals surface area contributed by atoms with Crippen LogP contribution in [-0.4, -0.2) is 63.4 Å². The smallest absolute Gasteiger partial charge is 0.243 e. The van der Waals surface area contributed by atoms with Crippen LogP contribution in [-0.2, 0) is 10.0 Å². The Morgan fingerprint density at radius 1 is 1.13 bits per heavy atom. The molecule has 23 heavy (non-hydrogen) atoms. The van der Waals surface area contributed by atoms with Gasteiger partial charge in [-0.1, -0.05) is 11.6 Å². The lowest BCUT2D eigenvalue weighted by Crippen LogP contribution is -2.50. The van der Waals surface area contributed by atoms with Gasteiger partial charge in [-0.3, -0.25) is 0 Å². The van der Waals surface area contributed by atoms with Crippen LogP contribution >= 0.6 is 11.6 Å². The maximum absolute atomic E-state index is 12.6. The number of nitrogens with zero attached hydrogens (tertiary/aromatic N) is 2. The molecular formula is C16H24ClN3O2S. The summed E-state index contributed by atoms with van der Waals surface area (Å²) in [5.41, 5.74) is 0. The highest BCUT2D eigenvalue weighted by Crippen LogP contribution is 2.20. The monoisotopic (exact) mass is 357 g/mol. The van der Waals surface area contributed by atoms with Gasteiger partial charge in [-0.25, -0.2) is 8.42 Å². The zero-order chi connectivity index (χ0) is 16.3. The molecule has 1 atom stereocenters. The van der Waals surface area contributed by atoms with E-state index in [1.807, 2.05) is 0 Å². The van der Waals surface area contributed by atoms with E-state index in [0.717, 1.165) is 32.7 Å². The van der Waals surface area contributed by atoms with Gasteiger partial charge in [-0.2, -0.15) is 4.31 Å². The van der Waals surface area contributed by atoms with Crippen molar-refractivity contribution in [2.45, 2.75) is 17.7 Å². The lowest BCUT2D eigenvalue weighted by molar-refractivity contribution is 0.154. The molecule has 0 amide bonds. The van der Waals surface area contributed by atoms with Crippen molar-refractivity contribution in [1.29, 1.82) is 0 Å². The Morgan fingerprint density at radius 3 is 2.43 bits per heavy atom. The number of benzene rings is 1. The second kappa shape index (κ2) is 7.49. The number of halogens is 1. The Morgan fingerprint density at radius 2 is 1.83 bits per heavy atom. The Kier molecular flexibility index (Phi) is 5.59. The minimum Gasteiger partial charge on any atom is -0.316 e. The van der Waals surface area contributed by atoms with E-state index in [9.17, 15) is 8.42 Å². The van der Waals surface area contributed by atoms with Crippen molar-refractivity contribution in [1.82, 2.24) is 14.5 Å². The lowest BCUT2D eigenvalue weighted by atomic mass is 9.99. The van der Waals surface area contributed by atoms with Gasteiger partial charge < -0.3 is 10.2 Å². The van der Waals surface area contributed by atoms with Gasteiger partial charge in [0.15, 0.2) is 0 Å². The molecule has 2 heterocycles. The van der Waals surface area contributed by atoms with Gasteiger partial charge >= 0.3 is 0 Å². The summed E-state index contributed by atoms with van der Waals surface area (Å²) in [4.78, 5) is 2.72. The molecule has 0 aliphatic carbocycles. The second-order valence-electron chi connectivity index (χ2n) is 6.37. The van der Waals surface area contributed by atoms with E-state index in [-0.39, 0.29) is 0 Å². The molecule has 1 aromatic carbocycles. The molecule has 5 nitrogen and oxygen atoms in total. The molecule has 1 unspecified atom stereocenters. The summed E-state index contributed by atoms with van der Waals surface area (Å²) in [6.45, 7) is 6.03. The van der Waals surface area contributed by atoms with Gasteiger partial charge in [-0.05, 0) is 56.1 Å². The van der Waals surface area contributed by atoms with Crippen molar-refractivity contribution < 1.29 is 8.42 Å². The van der Waals surface area contributed by atoms with Crippen LogP contribution in [0.25, 0.3) is 0 Å². The number of rotatable bonds is 4. The standard InChI is InChI=1S/C16H24ClN3O2S/c17-15-3-5-16(6-4-15)23(21,22)20-10-8-19(9-11-20)13-14-2-1-7-18-12-14/h3-6,14,18H,1-2,7-13H2. The third kappa shape index (κ3) is 4.25. The van der Waals surface area contributed by atoms with Crippen molar-refractivity contribution >= 4 is 21.6 Å². The average Bonchev–Trinajstić information content (AvgIpc) is 2.57. The van der Waals surface area contributed by atoms with Gasteiger partial charge in [0.1, 0.15) is 0 Å². The zero-order valence-corrected chi connectivity index (χ0v) is 14.8. The second-order valence-corrected chi connectivity index (χ2v) is 8.75. The summed E-state index contributed by atoms with van der Waals surface area (Å²) in [5, 5.41) is 3.99. The quantitative estimate of drug-likeness (QED) is 0.890. The molecule has 2 saturated heterocycles. The molecule has 0 aromatic heterocycles. The van der Waals surface area contributed by atoms with Crippen LogP contribution in [0.5, 0.6) is 0 Å². The van der Waals surface area contributed by atoms with E-state index in [0.29, 0.717) is 28.9 Å². The van der Waals surface area contributed by atoms with Crippen molar-refractivity contribution in [2.24, 2.45) is 5.92 Å². The topological polar surface area (TPSA) is 52.7 Å². The molecule has 2 aliphatic heterocycles. The van der Waals surface area contributed by atoms with Crippen molar-refractivity contribution in [3.63, 3.8) is 0 Å². The summed E-state index contributed by atoms with van der Waals surface area (Å²) in [6.07, 6.45) is 2.52. The van der Waals surface area contributed by atoms with Crippen LogP contribution in [0.1, 0.15) is 12.8 Å².